The molecule has 0 fully saturated rings. The largest absolute Gasteiger partial charge is 0.456 e. The molecule has 1 aliphatic rings. The van der Waals surface area contributed by atoms with Crippen molar-refractivity contribution in [2.45, 2.75) is 12.8 Å². The molecule has 0 aliphatic heterocycles. The smallest absolute Gasteiger partial charge is 0.145 e. The highest BCUT2D eigenvalue weighted by atomic mass is 16.3. The average Bonchev–Trinajstić information content (AvgIpc) is 3.84. The van der Waals surface area contributed by atoms with Gasteiger partial charge in [0.1, 0.15) is 22.5 Å². The molecule has 0 N–H and O–H groups in total. The van der Waals surface area contributed by atoms with E-state index in [1.165, 1.54) is 21.9 Å². The van der Waals surface area contributed by atoms with Gasteiger partial charge in [0, 0.05) is 49.8 Å². The third-order valence-electron chi connectivity index (χ3n) is 10.3. The van der Waals surface area contributed by atoms with E-state index in [-0.39, 0.29) is 5.92 Å². The lowest BCUT2D eigenvalue weighted by Crippen LogP contribution is -1.94. The van der Waals surface area contributed by atoms with Crippen molar-refractivity contribution in [2.75, 3.05) is 0 Å². The molecule has 0 amide bonds. The Morgan fingerprint density at radius 3 is 1.81 bits per heavy atom. The van der Waals surface area contributed by atoms with E-state index in [0.717, 1.165) is 77.4 Å². The number of benzene rings is 6. The second-order valence-corrected chi connectivity index (χ2v) is 12.9. The zero-order chi connectivity index (χ0) is 31.5. The van der Waals surface area contributed by atoms with Gasteiger partial charge in [-0.15, -0.1) is 0 Å². The van der Waals surface area contributed by atoms with Gasteiger partial charge < -0.3 is 18.0 Å². The second-order valence-electron chi connectivity index (χ2n) is 12.9. The van der Waals surface area contributed by atoms with Gasteiger partial charge in [-0.3, -0.25) is 0 Å². The minimum atomic E-state index is 0.254. The SMILES string of the molecule is CC1C=CC=Cc2oc3ccc(-n4c5ccccc5c5c6oc7c(ccc8c7c7ccccc7n8-c7ccccc7)c6ccc54)cc3c21. The maximum atomic E-state index is 7.10. The highest BCUT2D eigenvalue weighted by molar-refractivity contribution is 6.29. The Hall–Kier alpha value is -6.26. The van der Waals surface area contributed by atoms with Gasteiger partial charge >= 0.3 is 0 Å². The van der Waals surface area contributed by atoms with E-state index in [1.807, 2.05) is 0 Å². The van der Waals surface area contributed by atoms with Crippen LogP contribution in [0.25, 0.3) is 94.0 Å². The molecule has 0 saturated carbocycles. The lowest BCUT2D eigenvalue weighted by atomic mass is 9.98. The number of para-hydroxylation sites is 3. The number of furan rings is 2. The number of fused-ring (bicyclic) bond motifs is 14. The van der Waals surface area contributed by atoms with E-state index in [1.54, 1.807) is 0 Å². The minimum Gasteiger partial charge on any atom is -0.456 e. The van der Waals surface area contributed by atoms with Crippen LogP contribution in [0.2, 0.25) is 0 Å². The van der Waals surface area contributed by atoms with Crippen LogP contribution in [0.1, 0.15) is 24.2 Å². The fourth-order valence-electron chi connectivity index (χ4n) is 8.26. The number of aromatic nitrogens is 2. The van der Waals surface area contributed by atoms with Gasteiger partial charge in [0.05, 0.1) is 32.8 Å². The van der Waals surface area contributed by atoms with Crippen LogP contribution >= 0.6 is 0 Å². The maximum absolute atomic E-state index is 7.10. The molecule has 10 aromatic rings. The molecule has 11 rings (SSSR count). The Morgan fingerprint density at radius 2 is 1.12 bits per heavy atom. The zero-order valence-electron chi connectivity index (χ0n) is 26.1. The summed E-state index contributed by atoms with van der Waals surface area (Å²) in [5, 5.41) is 8.04. The molecule has 0 saturated heterocycles. The van der Waals surface area contributed by atoms with Crippen molar-refractivity contribution in [3.63, 3.8) is 0 Å². The van der Waals surface area contributed by atoms with Gasteiger partial charge in [-0.1, -0.05) is 79.7 Å². The molecule has 1 aliphatic carbocycles. The summed E-state index contributed by atoms with van der Waals surface area (Å²) >= 11 is 0. The van der Waals surface area contributed by atoms with Crippen LogP contribution < -0.4 is 0 Å². The van der Waals surface area contributed by atoms with Crippen LogP contribution in [-0.2, 0) is 0 Å². The summed E-state index contributed by atoms with van der Waals surface area (Å²) in [5.41, 5.74) is 10.8. The molecule has 48 heavy (non-hydrogen) atoms. The van der Waals surface area contributed by atoms with Crippen LogP contribution in [0.4, 0.5) is 0 Å². The monoisotopic (exact) mass is 616 g/mol. The summed E-state index contributed by atoms with van der Waals surface area (Å²) in [6, 6.07) is 43.5. The number of rotatable bonds is 2. The highest BCUT2D eigenvalue weighted by Gasteiger charge is 2.23. The molecule has 4 heterocycles. The van der Waals surface area contributed by atoms with Crippen molar-refractivity contribution in [1.82, 2.24) is 9.13 Å². The fourth-order valence-corrected chi connectivity index (χ4v) is 8.26. The first-order valence-corrected chi connectivity index (χ1v) is 16.5. The van der Waals surface area contributed by atoms with Crippen LogP contribution in [0.3, 0.4) is 0 Å². The predicted octanol–water partition coefficient (Wildman–Crippen LogP) is 12.2. The van der Waals surface area contributed by atoms with Gasteiger partial charge in [0.25, 0.3) is 0 Å². The van der Waals surface area contributed by atoms with E-state index < -0.39 is 0 Å². The molecular formula is C44H28N2O2. The van der Waals surface area contributed by atoms with E-state index in [0.29, 0.717) is 0 Å². The first kappa shape index (κ1) is 25.9. The first-order chi connectivity index (χ1) is 23.7. The van der Waals surface area contributed by atoms with E-state index >= 15 is 0 Å². The van der Waals surface area contributed by atoms with Gasteiger partial charge in [-0.2, -0.15) is 0 Å². The highest BCUT2D eigenvalue weighted by Crippen LogP contribution is 2.45. The summed E-state index contributed by atoms with van der Waals surface area (Å²) in [6.07, 6.45) is 8.47. The van der Waals surface area contributed by atoms with Crippen molar-refractivity contribution >= 4 is 82.6 Å². The molecule has 4 heteroatoms. The number of allylic oxidation sites excluding steroid dienone is 3. The van der Waals surface area contributed by atoms with Crippen LogP contribution in [0.15, 0.2) is 148 Å². The van der Waals surface area contributed by atoms with Crippen molar-refractivity contribution in [3.8, 4) is 11.4 Å². The quantitative estimate of drug-likeness (QED) is 0.194. The van der Waals surface area contributed by atoms with Crippen molar-refractivity contribution < 1.29 is 8.83 Å². The third kappa shape index (κ3) is 3.33. The maximum Gasteiger partial charge on any atom is 0.145 e. The third-order valence-corrected chi connectivity index (χ3v) is 10.3. The minimum absolute atomic E-state index is 0.254. The molecule has 4 aromatic heterocycles. The standard InChI is InChI=1S/C44H28N2O2/c1-26-11-5-10-18-39-40(26)33-25-28(19-24-38(33)47-39)46-35-17-9-7-15-32(35)42-37(46)23-21-30-29-20-22-36-41(43(29)48-44(30)42)31-14-6-8-16-34(31)45(36)27-12-3-2-4-13-27/h2-26H,1H3. The van der Waals surface area contributed by atoms with E-state index in [4.69, 9.17) is 8.83 Å². The lowest BCUT2D eigenvalue weighted by molar-refractivity contribution is 0.597. The Balaban J connectivity index is 1.23. The molecule has 0 radical (unpaired) electrons. The van der Waals surface area contributed by atoms with Crippen molar-refractivity contribution in [1.29, 1.82) is 0 Å². The van der Waals surface area contributed by atoms with Crippen LogP contribution in [0, 0.1) is 0 Å². The molecule has 4 nitrogen and oxygen atoms in total. The van der Waals surface area contributed by atoms with Crippen LogP contribution in [-0.4, -0.2) is 9.13 Å². The number of nitrogens with zero attached hydrogens (tertiary/aromatic N) is 2. The molecule has 6 aromatic carbocycles. The number of hydrogen-bond donors (Lipinski definition) is 0. The zero-order valence-corrected chi connectivity index (χ0v) is 26.1. The molecular weight excluding hydrogens is 588 g/mol. The van der Waals surface area contributed by atoms with E-state index in [2.05, 4.69) is 162 Å². The molecule has 0 bridgehead atoms. The summed E-state index contributed by atoms with van der Waals surface area (Å²) in [7, 11) is 0. The van der Waals surface area contributed by atoms with Gasteiger partial charge in [0.2, 0.25) is 0 Å². The summed E-state index contributed by atoms with van der Waals surface area (Å²) in [5.74, 6) is 1.19. The predicted molar refractivity (Wildman–Crippen MR) is 199 cm³/mol. The summed E-state index contributed by atoms with van der Waals surface area (Å²) in [6.45, 7) is 2.23. The number of hydrogen-bond acceptors (Lipinski definition) is 2. The van der Waals surface area contributed by atoms with Crippen molar-refractivity contribution in [3.05, 3.63) is 151 Å². The summed E-state index contributed by atoms with van der Waals surface area (Å²) < 4.78 is 18.1. The topological polar surface area (TPSA) is 36.1 Å². The van der Waals surface area contributed by atoms with Gasteiger partial charge in [0.15, 0.2) is 0 Å². The molecule has 1 atom stereocenters. The second kappa shape index (κ2) is 9.40. The molecule has 226 valence electrons. The fraction of sp³-hybridized carbons (Fsp3) is 0.0455. The van der Waals surface area contributed by atoms with Crippen molar-refractivity contribution in [2.24, 2.45) is 0 Å². The Morgan fingerprint density at radius 1 is 0.500 bits per heavy atom. The molecule has 0 spiro atoms. The summed E-state index contributed by atoms with van der Waals surface area (Å²) in [4.78, 5) is 0. The van der Waals surface area contributed by atoms with Gasteiger partial charge in [-0.25, -0.2) is 0 Å². The lowest BCUT2D eigenvalue weighted by Gasteiger charge is -2.09. The molecule has 1 unspecified atom stereocenters. The van der Waals surface area contributed by atoms with Crippen LogP contribution in [0.5, 0.6) is 0 Å². The first-order valence-electron chi connectivity index (χ1n) is 16.5. The normalized spacial score (nSPS) is 14.8. The van der Waals surface area contributed by atoms with E-state index in [9.17, 15) is 0 Å². The Kier molecular flexibility index (Phi) is 5.07. The average molecular weight is 617 g/mol. The Labute approximate surface area is 275 Å². The van der Waals surface area contributed by atoms with Gasteiger partial charge in [-0.05, 0) is 72.8 Å². The Bertz CT molecular complexity index is 3020.